The molecule has 0 aliphatic carbocycles. The summed E-state index contributed by atoms with van der Waals surface area (Å²) in [4.78, 5) is 29.0. The van der Waals surface area contributed by atoms with E-state index in [1.807, 2.05) is 18.2 Å². The summed E-state index contributed by atoms with van der Waals surface area (Å²) < 4.78 is 20.0. The van der Waals surface area contributed by atoms with Crippen LogP contribution in [0.4, 0.5) is 5.69 Å². The minimum atomic E-state index is -0.475. The maximum absolute atomic E-state index is 13.7. The highest BCUT2D eigenvalue weighted by Crippen LogP contribution is 2.42. The number of methoxy groups -OCH3 is 1. The third-order valence-corrected chi connectivity index (χ3v) is 8.58. The van der Waals surface area contributed by atoms with Crippen molar-refractivity contribution in [1.29, 1.82) is 0 Å². The number of aromatic nitrogens is 2. The first-order valence-electron chi connectivity index (χ1n) is 12.9. The molecule has 4 aromatic carbocycles. The Labute approximate surface area is 270 Å². The number of hydrogen-bond acceptors (Lipinski definition) is 8. The summed E-state index contributed by atoms with van der Waals surface area (Å²) in [5.74, 6) is 1.08. The van der Waals surface area contributed by atoms with Crippen LogP contribution in [0.1, 0.15) is 11.1 Å². The van der Waals surface area contributed by atoms with Crippen molar-refractivity contribution in [3.63, 3.8) is 0 Å². The summed E-state index contributed by atoms with van der Waals surface area (Å²) in [6.45, 7) is 0.00716. The number of nitro benzene ring substituents is 1. The molecular weight excluding hydrogens is 720 g/mol. The summed E-state index contributed by atoms with van der Waals surface area (Å²) >= 11 is 13.7. The predicted octanol–water partition coefficient (Wildman–Crippen LogP) is 8.37. The molecule has 0 radical (unpaired) electrons. The zero-order valence-corrected chi connectivity index (χ0v) is 26.6. The van der Waals surface area contributed by atoms with E-state index in [-0.39, 0.29) is 34.6 Å². The molecule has 0 atom stereocenters. The van der Waals surface area contributed by atoms with E-state index < -0.39 is 10.5 Å². The molecule has 0 unspecified atom stereocenters. The third-order valence-electron chi connectivity index (χ3n) is 6.65. The molecule has 6 rings (SSSR count). The van der Waals surface area contributed by atoms with Crippen molar-refractivity contribution in [2.45, 2.75) is 6.61 Å². The van der Waals surface area contributed by atoms with Crippen molar-refractivity contribution in [3.05, 3.63) is 124 Å². The van der Waals surface area contributed by atoms with Crippen LogP contribution < -0.4 is 15.0 Å². The highest BCUT2D eigenvalue weighted by molar-refractivity contribution is 9.10. The molecule has 0 amide bonds. The van der Waals surface area contributed by atoms with E-state index in [1.54, 1.807) is 48.5 Å². The van der Waals surface area contributed by atoms with Gasteiger partial charge in [0.2, 0.25) is 5.82 Å². The number of fused-ring (bicyclic) bond motifs is 2. The maximum Gasteiger partial charge on any atom is 0.282 e. The van der Waals surface area contributed by atoms with Crippen molar-refractivity contribution in [2.75, 3.05) is 7.11 Å². The Morgan fingerprint density at radius 2 is 1.91 bits per heavy atom. The van der Waals surface area contributed by atoms with Crippen LogP contribution in [-0.2, 0) is 6.61 Å². The van der Waals surface area contributed by atoms with Crippen LogP contribution in [0.25, 0.3) is 33.5 Å². The minimum Gasteiger partial charge on any atom is -0.493 e. The van der Waals surface area contributed by atoms with Crippen LogP contribution in [0.15, 0.2) is 102 Å². The number of non-ortho nitro benzene ring substituents is 1. The van der Waals surface area contributed by atoms with Gasteiger partial charge in [-0.15, -0.1) is 0 Å². The van der Waals surface area contributed by atoms with Crippen molar-refractivity contribution in [3.8, 4) is 23.1 Å². The van der Waals surface area contributed by atoms with Crippen LogP contribution in [0.5, 0.6) is 11.5 Å². The molecule has 0 spiro atoms. The second-order valence-electron chi connectivity index (χ2n) is 9.45. The molecule has 0 N–H and O–H groups in total. The number of rotatable bonds is 8. The fourth-order valence-corrected chi connectivity index (χ4v) is 5.57. The molecule has 6 aromatic rings. The van der Waals surface area contributed by atoms with Crippen LogP contribution in [0.2, 0.25) is 5.02 Å². The van der Waals surface area contributed by atoms with Crippen LogP contribution in [0.3, 0.4) is 0 Å². The summed E-state index contributed by atoms with van der Waals surface area (Å²) in [5.41, 5.74) is 1.74. The van der Waals surface area contributed by atoms with Gasteiger partial charge in [-0.1, -0.05) is 51.8 Å². The van der Waals surface area contributed by atoms with Gasteiger partial charge in [-0.25, -0.2) is 4.98 Å². The fourth-order valence-electron chi connectivity index (χ4n) is 4.53. The highest BCUT2D eigenvalue weighted by atomic mass is 79.9. The summed E-state index contributed by atoms with van der Waals surface area (Å²) in [6.07, 6.45) is 1.45. The summed E-state index contributed by atoms with van der Waals surface area (Å²) in [5, 5.41) is 17.0. The Kier molecular flexibility index (Phi) is 8.21. The molecule has 10 nitrogen and oxygen atoms in total. The van der Waals surface area contributed by atoms with Crippen molar-refractivity contribution in [1.82, 2.24) is 9.66 Å². The van der Waals surface area contributed by atoms with E-state index in [1.165, 1.54) is 30.1 Å². The summed E-state index contributed by atoms with van der Waals surface area (Å²) in [6, 6.07) is 22.1. The number of nitrogens with zero attached hydrogens (tertiary/aromatic N) is 4. The van der Waals surface area contributed by atoms with E-state index >= 15 is 0 Å². The van der Waals surface area contributed by atoms with Crippen molar-refractivity contribution >= 4 is 77.2 Å². The molecule has 0 bridgehead atoms. The van der Waals surface area contributed by atoms with Gasteiger partial charge < -0.3 is 13.9 Å². The zero-order valence-electron chi connectivity index (χ0n) is 22.7. The van der Waals surface area contributed by atoms with Gasteiger partial charge in [-0.2, -0.15) is 9.78 Å². The van der Waals surface area contributed by atoms with Gasteiger partial charge in [0.05, 0.1) is 29.2 Å². The minimum absolute atomic E-state index is 0.00716. The Hall–Kier alpha value is -4.52. The van der Waals surface area contributed by atoms with E-state index in [2.05, 4.69) is 37.0 Å². The van der Waals surface area contributed by atoms with Crippen molar-refractivity contribution in [2.24, 2.45) is 5.10 Å². The van der Waals surface area contributed by atoms with E-state index in [0.29, 0.717) is 37.8 Å². The number of halogens is 3. The molecule has 2 heterocycles. The first-order valence-corrected chi connectivity index (χ1v) is 14.9. The number of ether oxygens (including phenoxy) is 2. The SMILES string of the molecule is COc1cc(C=Nn2c(-c3cc4cc(Br)ccc4o3)nc3ccccc3c2=O)c(Br)c(Cl)c1OCc1cccc([N+](=O)[O-])c1. The number of furan rings is 1. The molecular formula is C31H19Br2ClN4O6. The quantitative estimate of drug-likeness (QED) is 0.0874. The molecule has 0 saturated heterocycles. The van der Waals surface area contributed by atoms with E-state index in [0.717, 1.165) is 9.86 Å². The lowest BCUT2D eigenvalue weighted by Gasteiger charge is -2.15. The maximum atomic E-state index is 13.7. The van der Waals surface area contributed by atoms with Gasteiger partial charge in [-0.3, -0.25) is 14.9 Å². The lowest BCUT2D eigenvalue weighted by molar-refractivity contribution is -0.384. The van der Waals surface area contributed by atoms with Crippen LogP contribution in [-0.4, -0.2) is 27.9 Å². The normalized spacial score (nSPS) is 11.5. The third kappa shape index (κ3) is 5.71. The number of benzene rings is 4. The Balaban J connectivity index is 1.40. The van der Waals surface area contributed by atoms with Gasteiger partial charge in [0.25, 0.3) is 11.2 Å². The topological polar surface area (TPSA) is 122 Å². The zero-order chi connectivity index (χ0) is 31.0. The first-order chi connectivity index (χ1) is 21.2. The molecule has 13 heteroatoms. The molecule has 0 aliphatic heterocycles. The van der Waals surface area contributed by atoms with E-state index in [4.69, 9.17) is 30.5 Å². The molecule has 44 heavy (non-hydrogen) atoms. The van der Waals surface area contributed by atoms with Gasteiger partial charge in [-0.05, 0) is 64.0 Å². The summed E-state index contributed by atoms with van der Waals surface area (Å²) in [7, 11) is 1.45. The lowest BCUT2D eigenvalue weighted by atomic mass is 10.2. The first kappa shape index (κ1) is 29.5. The Morgan fingerprint density at radius 3 is 2.70 bits per heavy atom. The molecule has 0 fully saturated rings. The second-order valence-corrected chi connectivity index (χ2v) is 11.5. The Bertz CT molecular complexity index is 2180. The highest BCUT2D eigenvalue weighted by Gasteiger charge is 2.20. The number of hydrogen-bond donors (Lipinski definition) is 0. The fraction of sp³-hybridized carbons (Fsp3) is 0.0645. The molecule has 0 aliphatic rings. The standard InChI is InChI=1S/C31H19Br2ClN4O6/c1-42-25-14-19(27(33)28(34)29(25)43-16-17-5-4-6-21(11-17)38(40)41)15-35-37-30(36-23-8-3-2-7-22(23)31(37)39)26-13-18-12-20(32)9-10-24(18)44-26/h2-15H,16H2,1H3. The average Bonchev–Trinajstić information content (AvgIpc) is 3.45. The van der Waals surface area contributed by atoms with E-state index in [9.17, 15) is 14.9 Å². The van der Waals surface area contributed by atoms with Crippen LogP contribution in [0, 0.1) is 10.1 Å². The van der Waals surface area contributed by atoms with Crippen LogP contribution >= 0.6 is 43.5 Å². The largest absolute Gasteiger partial charge is 0.493 e. The Morgan fingerprint density at radius 1 is 1.09 bits per heavy atom. The monoisotopic (exact) mass is 736 g/mol. The van der Waals surface area contributed by atoms with Gasteiger partial charge in [0.15, 0.2) is 17.3 Å². The number of para-hydroxylation sites is 1. The van der Waals surface area contributed by atoms with Gasteiger partial charge >= 0.3 is 0 Å². The second kappa shape index (κ2) is 12.2. The van der Waals surface area contributed by atoms with Crippen molar-refractivity contribution < 1.29 is 18.8 Å². The number of nitro groups is 1. The average molecular weight is 739 g/mol. The molecule has 2 aromatic heterocycles. The van der Waals surface area contributed by atoms with Gasteiger partial charge in [0, 0.05) is 32.0 Å². The molecule has 220 valence electrons. The smallest absolute Gasteiger partial charge is 0.282 e. The molecule has 0 saturated carbocycles. The lowest BCUT2D eigenvalue weighted by Crippen LogP contribution is -2.20. The predicted molar refractivity (Wildman–Crippen MR) is 175 cm³/mol. The van der Waals surface area contributed by atoms with Gasteiger partial charge in [0.1, 0.15) is 17.2 Å².